The van der Waals surface area contributed by atoms with Crippen LogP contribution >= 0.6 is 0 Å². The maximum absolute atomic E-state index is 13.2. The van der Waals surface area contributed by atoms with Gasteiger partial charge in [-0.1, -0.05) is 0 Å². The number of likely N-dealkylation sites (tertiary alicyclic amines) is 1. The van der Waals surface area contributed by atoms with Crippen molar-refractivity contribution in [3.8, 4) is 0 Å². The van der Waals surface area contributed by atoms with E-state index in [0.717, 1.165) is 69.0 Å². The second kappa shape index (κ2) is 9.74. The zero-order chi connectivity index (χ0) is 25.5. The van der Waals surface area contributed by atoms with E-state index in [2.05, 4.69) is 31.1 Å². The number of amides is 4. The van der Waals surface area contributed by atoms with Crippen molar-refractivity contribution < 1.29 is 19.2 Å². The normalized spacial score (nSPS) is 24.1. The summed E-state index contributed by atoms with van der Waals surface area (Å²) in [6.07, 6.45) is 8.64. The van der Waals surface area contributed by atoms with Gasteiger partial charge in [-0.05, 0) is 62.3 Å². The fourth-order valence-electron chi connectivity index (χ4n) is 6.26. The molecule has 1 atom stereocenters. The van der Waals surface area contributed by atoms with Gasteiger partial charge in [-0.3, -0.25) is 34.1 Å². The number of carbonyl (C=O) groups is 4. The fourth-order valence-corrected chi connectivity index (χ4v) is 6.26. The molecule has 0 bridgehead atoms. The third-order valence-corrected chi connectivity index (χ3v) is 8.38. The number of rotatable bonds is 5. The molecule has 3 fully saturated rings. The first kappa shape index (κ1) is 23.8. The van der Waals surface area contributed by atoms with E-state index in [1.54, 1.807) is 12.1 Å². The SMILES string of the molecule is O=C1CCC(N2C(=O)c3ccc(N4CCC(CN5CCC(n6cccn6)CC5)CC4)cc3C2=O)C(=O)N1. The summed E-state index contributed by atoms with van der Waals surface area (Å²) in [5.74, 6) is -1.22. The maximum Gasteiger partial charge on any atom is 0.262 e. The molecule has 0 aliphatic carbocycles. The lowest BCUT2D eigenvalue weighted by Gasteiger charge is -2.38. The second-order valence-corrected chi connectivity index (χ2v) is 10.6. The van der Waals surface area contributed by atoms with Crippen LogP contribution in [0.25, 0.3) is 0 Å². The first-order valence-corrected chi connectivity index (χ1v) is 13.3. The Labute approximate surface area is 215 Å². The second-order valence-electron chi connectivity index (χ2n) is 10.6. The van der Waals surface area contributed by atoms with Gasteiger partial charge in [0.2, 0.25) is 11.8 Å². The van der Waals surface area contributed by atoms with Crippen LogP contribution in [0.3, 0.4) is 0 Å². The van der Waals surface area contributed by atoms with E-state index in [9.17, 15) is 19.2 Å². The van der Waals surface area contributed by atoms with E-state index < -0.39 is 23.8 Å². The number of hydrogen-bond acceptors (Lipinski definition) is 7. The molecule has 1 unspecified atom stereocenters. The van der Waals surface area contributed by atoms with E-state index in [4.69, 9.17) is 0 Å². The van der Waals surface area contributed by atoms with Crippen molar-refractivity contribution in [1.29, 1.82) is 0 Å². The van der Waals surface area contributed by atoms with Gasteiger partial charge in [-0.2, -0.15) is 5.10 Å². The molecule has 37 heavy (non-hydrogen) atoms. The van der Waals surface area contributed by atoms with Crippen LogP contribution in [0, 0.1) is 5.92 Å². The monoisotopic (exact) mass is 504 g/mol. The molecule has 1 N–H and O–H groups in total. The van der Waals surface area contributed by atoms with E-state index in [1.807, 2.05) is 18.3 Å². The summed E-state index contributed by atoms with van der Waals surface area (Å²) < 4.78 is 2.09. The first-order valence-electron chi connectivity index (χ1n) is 13.3. The highest BCUT2D eigenvalue weighted by atomic mass is 16.2. The Morgan fingerprint density at radius 2 is 1.65 bits per heavy atom. The Kier molecular flexibility index (Phi) is 6.27. The third-order valence-electron chi connectivity index (χ3n) is 8.38. The highest BCUT2D eigenvalue weighted by Gasteiger charge is 2.44. The van der Waals surface area contributed by atoms with E-state index >= 15 is 0 Å². The lowest BCUT2D eigenvalue weighted by molar-refractivity contribution is -0.136. The molecule has 4 aliphatic heterocycles. The number of imide groups is 2. The Hall–Kier alpha value is -3.53. The summed E-state index contributed by atoms with van der Waals surface area (Å²) in [6, 6.07) is 6.96. The van der Waals surface area contributed by atoms with Gasteiger partial charge in [0.25, 0.3) is 11.8 Å². The summed E-state index contributed by atoms with van der Waals surface area (Å²) in [7, 11) is 0. The Bertz CT molecular complexity index is 1210. The molecule has 5 heterocycles. The largest absolute Gasteiger partial charge is 0.371 e. The van der Waals surface area contributed by atoms with Gasteiger partial charge in [0.05, 0.1) is 17.2 Å². The molecular weight excluding hydrogens is 472 g/mol. The van der Waals surface area contributed by atoms with Crippen LogP contribution in [0.1, 0.15) is 65.3 Å². The topological polar surface area (TPSA) is 108 Å². The fraction of sp³-hybridized carbons (Fsp3) is 0.519. The van der Waals surface area contributed by atoms with Crippen molar-refractivity contribution in [2.75, 3.05) is 37.6 Å². The molecule has 0 saturated carbocycles. The zero-order valence-corrected chi connectivity index (χ0v) is 20.8. The minimum Gasteiger partial charge on any atom is -0.371 e. The number of fused-ring (bicyclic) bond motifs is 1. The van der Waals surface area contributed by atoms with Gasteiger partial charge >= 0.3 is 0 Å². The molecule has 0 spiro atoms. The van der Waals surface area contributed by atoms with Crippen molar-refractivity contribution >= 4 is 29.3 Å². The smallest absolute Gasteiger partial charge is 0.262 e. The average molecular weight is 505 g/mol. The summed E-state index contributed by atoms with van der Waals surface area (Å²) in [4.78, 5) is 55.8. The van der Waals surface area contributed by atoms with Crippen LogP contribution in [0.4, 0.5) is 5.69 Å². The average Bonchev–Trinajstić information content (AvgIpc) is 3.53. The summed E-state index contributed by atoms with van der Waals surface area (Å²) in [5, 5.41) is 6.64. The van der Waals surface area contributed by atoms with Crippen molar-refractivity contribution in [1.82, 2.24) is 24.9 Å². The number of aromatic nitrogens is 2. The molecular formula is C27H32N6O4. The molecule has 2 aromatic rings. The van der Waals surface area contributed by atoms with E-state index in [0.29, 0.717) is 23.1 Å². The van der Waals surface area contributed by atoms with Crippen LogP contribution in [0.5, 0.6) is 0 Å². The summed E-state index contributed by atoms with van der Waals surface area (Å²) in [5.41, 5.74) is 1.60. The maximum atomic E-state index is 13.2. The van der Waals surface area contributed by atoms with Crippen LogP contribution in [0.2, 0.25) is 0 Å². The molecule has 3 saturated heterocycles. The number of hydrogen-bond donors (Lipinski definition) is 1. The Balaban J connectivity index is 1.04. The van der Waals surface area contributed by atoms with Crippen LogP contribution < -0.4 is 10.2 Å². The lowest BCUT2D eigenvalue weighted by Crippen LogP contribution is -2.54. The number of piperidine rings is 3. The van der Waals surface area contributed by atoms with Crippen LogP contribution in [-0.2, 0) is 9.59 Å². The quantitative estimate of drug-likeness (QED) is 0.619. The van der Waals surface area contributed by atoms with Crippen LogP contribution in [-0.4, -0.2) is 82.0 Å². The number of benzene rings is 1. The van der Waals surface area contributed by atoms with Gasteiger partial charge < -0.3 is 9.80 Å². The molecule has 4 amide bonds. The number of anilines is 1. The van der Waals surface area contributed by atoms with Gasteiger partial charge in [0.1, 0.15) is 6.04 Å². The van der Waals surface area contributed by atoms with E-state index in [1.165, 1.54) is 0 Å². The minimum atomic E-state index is -0.936. The summed E-state index contributed by atoms with van der Waals surface area (Å²) in [6.45, 7) is 5.15. The standard InChI is InChI=1S/C27H32N6O4/c34-24-5-4-23(25(35)29-24)33-26(36)21-3-2-20(16-22(21)27(33)37)31-14-6-18(7-15-31)17-30-12-8-19(9-13-30)32-11-1-10-28-32/h1-3,10-11,16,18-19,23H,4-9,12-15,17H2,(H,29,34,35). The molecule has 1 aromatic carbocycles. The molecule has 10 heteroatoms. The van der Waals surface area contributed by atoms with Gasteiger partial charge in [0.15, 0.2) is 0 Å². The van der Waals surface area contributed by atoms with Crippen molar-refractivity contribution in [2.24, 2.45) is 5.92 Å². The molecule has 0 radical (unpaired) electrons. The number of carbonyl (C=O) groups excluding carboxylic acids is 4. The molecule has 1 aromatic heterocycles. The highest BCUT2D eigenvalue weighted by Crippen LogP contribution is 2.32. The highest BCUT2D eigenvalue weighted by molar-refractivity contribution is 6.23. The zero-order valence-electron chi connectivity index (χ0n) is 20.8. The molecule has 4 aliphatic rings. The van der Waals surface area contributed by atoms with E-state index in [-0.39, 0.29) is 18.7 Å². The van der Waals surface area contributed by atoms with Crippen LogP contribution in [0.15, 0.2) is 36.7 Å². The Morgan fingerprint density at radius 3 is 2.35 bits per heavy atom. The lowest BCUT2D eigenvalue weighted by atomic mass is 9.94. The third kappa shape index (κ3) is 4.54. The molecule has 6 rings (SSSR count). The minimum absolute atomic E-state index is 0.117. The molecule has 194 valence electrons. The number of nitrogens with zero attached hydrogens (tertiary/aromatic N) is 5. The first-order chi connectivity index (χ1) is 18.0. The van der Waals surface area contributed by atoms with Gasteiger partial charge in [-0.25, -0.2) is 0 Å². The summed E-state index contributed by atoms with van der Waals surface area (Å²) >= 11 is 0. The predicted octanol–water partition coefficient (Wildman–Crippen LogP) is 1.84. The van der Waals surface area contributed by atoms with Gasteiger partial charge in [-0.15, -0.1) is 0 Å². The van der Waals surface area contributed by atoms with Crippen molar-refractivity contribution in [2.45, 2.75) is 50.6 Å². The van der Waals surface area contributed by atoms with Crippen molar-refractivity contribution in [3.05, 3.63) is 47.8 Å². The van der Waals surface area contributed by atoms with Crippen molar-refractivity contribution in [3.63, 3.8) is 0 Å². The predicted molar refractivity (Wildman–Crippen MR) is 135 cm³/mol. The van der Waals surface area contributed by atoms with Gasteiger partial charge in [0, 0.05) is 57.2 Å². The molecule has 10 nitrogen and oxygen atoms in total. The number of nitrogens with one attached hydrogen (secondary N) is 1. The Morgan fingerprint density at radius 1 is 0.892 bits per heavy atom.